The average molecular weight is 459 g/mol. The Morgan fingerprint density at radius 3 is 2.09 bits per heavy atom. The number of phenolic OH excluding ortho intramolecular Hbond substituents is 1. The van der Waals surface area contributed by atoms with Crippen LogP contribution in [0.1, 0.15) is 64.5 Å². The highest BCUT2D eigenvalue weighted by atomic mass is 16.3. The molecule has 3 aromatic rings. The summed E-state index contributed by atoms with van der Waals surface area (Å²) in [7, 11) is 0. The van der Waals surface area contributed by atoms with E-state index in [9.17, 15) is 9.90 Å². The summed E-state index contributed by atoms with van der Waals surface area (Å²) in [6.07, 6.45) is 0. The number of hydrogen-bond acceptors (Lipinski definition) is 3. The van der Waals surface area contributed by atoms with Crippen molar-refractivity contribution in [2.45, 2.75) is 60.4 Å². The zero-order valence-corrected chi connectivity index (χ0v) is 21.6. The second-order valence-corrected chi connectivity index (χ2v) is 10.4. The summed E-state index contributed by atoms with van der Waals surface area (Å²) in [5, 5.41) is 14.6. The molecule has 0 aliphatic heterocycles. The van der Waals surface area contributed by atoms with Crippen LogP contribution >= 0.6 is 0 Å². The Hall–Kier alpha value is -3.27. The number of phenols is 1. The number of aromatic hydroxyl groups is 1. The van der Waals surface area contributed by atoms with Gasteiger partial charge in [-0.2, -0.15) is 0 Å². The number of hydrogen-bond donors (Lipinski definition) is 2. The maximum absolute atomic E-state index is 13.5. The highest BCUT2D eigenvalue weighted by Crippen LogP contribution is 2.35. The van der Waals surface area contributed by atoms with Crippen LogP contribution in [0.15, 0.2) is 54.6 Å². The number of benzene rings is 3. The molecule has 2 N–H and O–H groups in total. The summed E-state index contributed by atoms with van der Waals surface area (Å²) < 4.78 is 0. The lowest BCUT2D eigenvalue weighted by atomic mass is 9.84. The molecule has 0 aromatic heterocycles. The van der Waals surface area contributed by atoms with Gasteiger partial charge < -0.3 is 15.3 Å². The second-order valence-electron chi connectivity index (χ2n) is 10.4. The van der Waals surface area contributed by atoms with Gasteiger partial charge in [-0.3, -0.25) is 4.79 Å². The van der Waals surface area contributed by atoms with E-state index in [1.807, 2.05) is 54.3 Å². The van der Waals surface area contributed by atoms with Gasteiger partial charge in [0, 0.05) is 36.4 Å². The monoisotopic (exact) mass is 458 g/mol. The van der Waals surface area contributed by atoms with Crippen molar-refractivity contribution in [1.82, 2.24) is 4.90 Å². The maximum atomic E-state index is 13.5. The minimum Gasteiger partial charge on any atom is -0.507 e. The molecule has 0 bridgehead atoms. The van der Waals surface area contributed by atoms with Crippen LogP contribution in [0.2, 0.25) is 0 Å². The van der Waals surface area contributed by atoms with E-state index >= 15 is 0 Å². The van der Waals surface area contributed by atoms with Crippen molar-refractivity contribution in [3.63, 3.8) is 0 Å². The Bertz CT molecular complexity index is 1140. The van der Waals surface area contributed by atoms with Crippen molar-refractivity contribution in [2.75, 3.05) is 18.4 Å². The van der Waals surface area contributed by atoms with Crippen LogP contribution in [0.3, 0.4) is 0 Å². The first-order valence-corrected chi connectivity index (χ1v) is 12.0. The molecule has 0 heterocycles. The molecule has 0 fully saturated rings. The lowest BCUT2D eigenvalue weighted by Crippen LogP contribution is -2.35. The van der Waals surface area contributed by atoms with Crippen molar-refractivity contribution in [2.24, 2.45) is 0 Å². The summed E-state index contributed by atoms with van der Waals surface area (Å²) in [6.45, 7) is 16.1. The predicted octanol–water partition coefficient (Wildman–Crippen LogP) is 6.68. The van der Waals surface area contributed by atoms with E-state index in [4.69, 9.17) is 0 Å². The topological polar surface area (TPSA) is 52.6 Å². The minimum atomic E-state index is -0.193. The van der Waals surface area contributed by atoms with E-state index in [1.54, 1.807) is 0 Å². The third-order valence-electron chi connectivity index (χ3n) is 6.17. The molecule has 0 unspecified atom stereocenters. The molecule has 180 valence electrons. The van der Waals surface area contributed by atoms with Gasteiger partial charge in [0.15, 0.2) is 0 Å². The second kappa shape index (κ2) is 10.3. The molecular weight excluding hydrogens is 420 g/mol. The van der Waals surface area contributed by atoms with Crippen molar-refractivity contribution in [3.8, 4) is 5.75 Å². The summed E-state index contributed by atoms with van der Waals surface area (Å²) in [4.78, 5) is 15.3. The van der Waals surface area contributed by atoms with Crippen LogP contribution < -0.4 is 5.32 Å². The van der Waals surface area contributed by atoms with E-state index in [1.165, 1.54) is 16.7 Å². The van der Waals surface area contributed by atoms with E-state index in [-0.39, 0.29) is 17.1 Å². The Morgan fingerprint density at radius 1 is 0.912 bits per heavy atom. The number of aryl methyl sites for hydroxylation is 4. The number of amides is 1. The van der Waals surface area contributed by atoms with E-state index < -0.39 is 0 Å². The first-order chi connectivity index (χ1) is 16.0. The molecule has 0 aliphatic rings. The van der Waals surface area contributed by atoms with Crippen molar-refractivity contribution in [3.05, 3.63) is 93.5 Å². The van der Waals surface area contributed by atoms with Crippen molar-refractivity contribution >= 4 is 11.6 Å². The van der Waals surface area contributed by atoms with Crippen LogP contribution in [0.25, 0.3) is 0 Å². The van der Waals surface area contributed by atoms with Crippen molar-refractivity contribution in [1.29, 1.82) is 0 Å². The van der Waals surface area contributed by atoms with Crippen molar-refractivity contribution < 1.29 is 9.90 Å². The molecule has 4 nitrogen and oxygen atoms in total. The lowest BCUT2D eigenvalue weighted by molar-refractivity contribution is 0.0749. The Balaban J connectivity index is 1.88. The molecule has 0 atom stereocenters. The maximum Gasteiger partial charge on any atom is 0.254 e. The Morgan fingerprint density at radius 2 is 1.50 bits per heavy atom. The largest absolute Gasteiger partial charge is 0.507 e. The van der Waals surface area contributed by atoms with Gasteiger partial charge in [0.25, 0.3) is 5.91 Å². The fraction of sp³-hybridized carbons (Fsp3) is 0.367. The summed E-state index contributed by atoms with van der Waals surface area (Å²) in [5.74, 6) is 0.236. The molecule has 0 radical (unpaired) electrons. The summed E-state index contributed by atoms with van der Waals surface area (Å²) in [6, 6.07) is 17.7. The standard InChI is InChI=1S/C30H38N2O2/c1-20-15-22(3)27(23(4)16-20)31-13-14-32(29(34)24-11-9-8-10-12-24)19-25-17-21(2)18-26(28(25)33)30(5,6)7/h8-12,15-18,31,33H,13-14,19H2,1-7H3. The minimum absolute atomic E-state index is 0.0436. The number of rotatable bonds is 7. The van der Waals surface area contributed by atoms with Crippen LogP contribution in [0, 0.1) is 27.7 Å². The van der Waals surface area contributed by atoms with Crippen LogP contribution in [-0.2, 0) is 12.0 Å². The van der Waals surface area contributed by atoms with E-state index in [0.29, 0.717) is 25.2 Å². The predicted molar refractivity (Wildman–Crippen MR) is 142 cm³/mol. The first-order valence-electron chi connectivity index (χ1n) is 12.0. The normalized spacial score (nSPS) is 11.4. The summed E-state index contributed by atoms with van der Waals surface area (Å²) in [5.41, 5.74) is 7.96. The van der Waals surface area contributed by atoms with Gasteiger partial charge in [0.2, 0.25) is 0 Å². The van der Waals surface area contributed by atoms with Gasteiger partial charge in [0.1, 0.15) is 5.75 Å². The summed E-state index contributed by atoms with van der Waals surface area (Å²) >= 11 is 0. The highest BCUT2D eigenvalue weighted by Gasteiger charge is 2.23. The number of nitrogens with one attached hydrogen (secondary N) is 1. The molecule has 34 heavy (non-hydrogen) atoms. The zero-order chi connectivity index (χ0) is 25.0. The molecule has 0 spiro atoms. The molecule has 1 amide bonds. The van der Waals surface area contributed by atoms with Gasteiger partial charge in [-0.15, -0.1) is 0 Å². The fourth-order valence-corrected chi connectivity index (χ4v) is 4.54. The van der Waals surface area contributed by atoms with Crippen LogP contribution in [0.5, 0.6) is 5.75 Å². The first kappa shape index (κ1) is 25.4. The van der Waals surface area contributed by atoms with Gasteiger partial charge >= 0.3 is 0 Å². The zero-order valence-electron chi connectivity index (χ0n) is 21.6. The van der Waals surface area contributed by atoms with Crippen LogP contribution in [-0.4, -0.2) is 29.0 Å². The third kappa shape index (κ3) is 5.99. The van der Waals surface area contributed by atoms with Gasteiger partial charge in [-0.05, 0) is 61.9 Å². The molecule has 3 aromatic carbocycles. The average Bonchev–Trinajstić information content (AvgIpc) is 2.76. The third-order valence-corrected chi connectivity index (χ3v) is 6.17. The fourth-order valence-electron chi connectivity index (χ4n) is 4.54. The number of anilines is 1. The van der Waals surface area contributed by atoms with Gasteiger partial charge in [-0.25, -0.2) is 0 Å². The number of carbonyl (C=O) groups excluding carboxylic acids is 1. The molecule has 0 saturated heterocycles. The smallest absolute Gasteiger partial charge is 0.254 e. The quantitative estimate of drug-likeness (QED) is 0.415. The highest BCUT2D eigenvalue weighted by molar-refractivity contribution is 5.94. The molecule has 0 aliphatic carbocycles. The molecule has 3 rings (SSSR count). The Kier molecular flexibility index (Phi) is 7.71. The SMILES string of the molecule is Cc1cc(C)c(NCCN(Cc2cc(C)cc(C(C)(C)C)c2O)C(=O)c2ccccc2)c(C)c1. The molecule has 0 saturated carbocycles. The molecular formula is C30H38N2O2. The van der Waals surface area contributed by atoms with E-state index in [0.717, 1.165) is 22.4 Å². The lowest BCUT2D eigenvalue weighted by Gasteiger charge is -2.27. The molecule has 4 heteroatoms. The van der Waals surface area contributed by atoms with Gasteiger partial charge in [0.05, 0.1) is 0 Å². The van der Waals surface area contributed by atoms with Gasteiger partial charge in [-0.1, -0.05) is 74.4 Å². The number of nitrogens with zero attached hydrogens (tertiary/aromatic N) is 1. The number of carbonyl (C=O) groups is 1. The van der Waals surface area contributed by atoms with Crippen LogP contribution in [0.4, 0.5) is 5.69 Å². The van der Waals surface area contributed by atoms with E-state index in [2.05, 4.69) is 59.0 Å². The Labute approximate surface area is 204 Å².